The van der Waals surface area contributed by atoms with Gasteiger partial charge in [0.15, 0.2) is 0 Å². The zero-order chi connectivity index (χ0) is 11.6. The van der Waals surface area contributed by atoms with E-state index >= 15 is 0 Å². The lowest BCUT2D eigenvalue weighted by molar-refractivity contribution is 0.371. The molecule has 2 heteroatoms. The zero-order valence-electron chi connectivity index (χ0n) is 10.2. The van der Waals surface area contributed by atoms with Gasteiger partial charge in [-0.15, -0.1) is 0 Å². The molecule has 0 aromatic heterocycles. The Labute approximate surface area is 91.7 Å². The first kappa shape index (κ1) is 12.2. The second-order valence-corrected chi connectivity index (χ2v) is 5.14. The molecule has 0 spiro atoms. The van der Waals surface area contributed by atoms with Crippen LogP contribution >= 0.6 is 0 Å². The van der Waals surface area contributed by atoms with Gasteiger partial charge in [-0.1, -0.05) is 12.1 Å². The Bertz CT molecular complexity index is 339. The molecule has 0 aliphatic rings. The predicted octanol–water partition coefficient (Wildman–Crippen LogP) is 3.58. The van der Waals surface area contributed by atoms with E-state index in [1.54, 1.807) is 6.07 Å². The van der Waals surface area contributed by atoms with Gasteiger partial charge in [0.2, 0.25) is 0 Å². The summed E-state index contributed by atoms with van der Waals surface area (Å²) >= 11 is 0. The van der Waals surface area contributed by atoms with Crippen molar-refractivity contribution in [3.8, 4) is 0 Å². The highest BCUT2D eigenvalue weighted by Gasteiger charge is 2.17. The summed E-state index contributed by atoms with van der Waals surface area (Å²) in [5, 5.41) is 3.36. The highest BCUT2D eigenvalue weighted by Crippen LogP contribution is 2.20. The molecule has 1 rings (SSSR count). The van der Waals surface area contributed by atoms with Gasteiger partial charge in [-0.2, -0.15) is 0 Å². The largest absolute Gasteiger partial charge is 0.305 e. The molecular formula is C13H20FN. The van der Waals surface area contributed by atoms with Crippen LogP contribution in [0, 0.1) is 12.7 Å². The van der Waals surface area contributed by atoms with Crippen LogP contribution in [-0.4, -0.2) is 5.54 Å². The van der Waals surface area contributed by atoms with E-state index in [1.165, 1.54) is 0 Å². The van der Waals surface area contributed by atoms with Gasteiger partial charge in [0.25, 0.3) is 0 Å². The van der Waals surface area contributed by atoms with Gasteiger partial charge in [0.05, 0.1) is 0 Å². The molecule has 0 radical (unpaired) electrons. The standard InChI is InChI=1S/C13H20FN/c1-9-6-7-11(12(14)8-9)10(2)15-13(3,4)5/h6-8,10,15H,1-5H3. The third-order valence-corrected chi connectivity index (χ3v) is 2.27. The average Bonchev–Trinajstić information content (AvgIpc) is 1.99. The van der Waals surface area contributed by atoms with Gasteiger partial charge in [-0.3, -0.25) is 0 Å². The molecule has 1 unspecified atom stereocenters. The summed E-state index contributed by atoms with van der Waals surface area (Å²) in [5.41, 5.74) is 1.69. The molecule has 0 aliphatic heterocycles. The van der Waals surface area contributed by atoms with Crippen LogP contribution in [0.2, 0.25) is 0 Å². The first-order valence-electron chi connectivity index (χ1n) is 5.33. The third kappa shape index (κ3) is 3.63. The fraction of sp³-hybridized carbons (Fsp3) is 0.538. The average molecular weight is 209 g/mol. The van der Waals surface area contributed by atoms with Crippen molar-refractivity contribution in [2.24, 2.45) is 0 Å². The minimum atomic E-state index is -0.126. The molecule has 1 nitrogen and oxygen atoms in total. The Balaban J connectivity index is 2.87. The molecule has 0 aliphatic carbocycles. The van der Waals surface area contributed by atoms with Crippen LogP contribution in [-0.2, 0) is 0 Å². The molecule has 0 heterocycles. The normalized spacial score (nSPS) is 14.0. The Morgan fingerprint density at radius 1 is 1.27 bits per heavy atom. The van der Waals surface area contributed by atoms with E-state index in [2.05, 4.69) is 26.1 Å². The Morgan fingerprint density at radius 3 is 2.33 bits per heavy atom. The first-order chi connectivity index (χ1) is 6.79. The van der Waals surface area contributed by atoms with Crippen molar-refractivity contribution >= 4 is 0 Å². The predicted molar refractivity (Wildman–Crippen MR) is 62.4 cm³/mol. The molecule has 0 saturated carbocycles. The molecule has 0 fully saturated rings. The summed E-state index contributed by atoms with van der Waals surface area (Å²) in [6.45, 7) is 10.1. The lowest BCUT2D eigenvalue weighted by Crippen LogP contribution is -2.37. The molecule has 0 bridgehead atoms. The summed E-state index contributed by atoms with van der Waals surface area (Å²) < 4.78 is 13.6. The molecular weight excluding hydrogens is 189 g/mol. The van der Waals surface area contributed by atoms with Gasteiger partial charge < -0.3 is 5.32 Å². The SMILES string of the molecule is Cc1ccc(C(C)NC(C)(C)C)c(F)c1. The maximum Gasteiger partial charge on any atom is 0.128 e. The second-order valence-electron chi connectivity index (χ2n) is 5.14. The Hall–Kier alpha value is -0.890. The summed E-state index contributed by atoms with van der Waals surface area (Å²) in [5.74, 6) is -0.126. The van der Waals surface area contributed by atoms with Crippen LogP contribution in [0.3, 0.4) is 0 Å². The fourth-order valence-corrected chi connectivity index (χ4v) is 1.71. The van der Waals surface area contributed by atoms with E-state index in [-0.39, 0.29) is 17.4 Å². The van der Waals surface area contributed by atoms with Crippen molar-refractivity contribution in [2.45, 2.75) is 46.2 Å². The molecule has 1 atom stereocenters. The van der Waals surface area contributed by atoms with E-state index in [0.717, 1.165) is 11.1 Å². The fourth-order valence-electron chi connectivity index (χ4n) is 1.71. The van der Waals surface area contributed by atoms with Crippen LogP contribution < -0.4 is 5.32 Å². The second kappa shape index (κ2) is 4.31. The summed E-state index contributed by atoms with van der Waals surface area (Å²) in [7, 11) is 0. The van der Waals surface area contributed by atoms with Gasteiger partial charge in [-0.05, 0) is 46.2 Å². The minimum absolute atomic E-state index is 0.00323. The summed E-state index contributed by atoms with van der Waals surface area (Å²) in [6.07, 6.45) is 0. The molecule has 0 saturated heterocycles. The molecule has 1 aromatic rings. The number of benzene rings is 1. The van der Waals surface area contributed by atoms with E-state index < -0.39 is 0 Å². The summed E-state index contributed by atoms with van der Waals surface area (Å²) in [6, 6.07) is 5.41. The number of hydrogen-bond donors (Lipinski definition) is 1. The van der Waals surface area contributed by atoms with Crippen LogP contribution in [0.1, 0.15) is 44.9 Å². The number of aryl methyl sites for hydroxylation is 1. The van der Waals surface area contributed by atoms with Gasteiger partial charge in [0, 0.05) is 17.1 Å². The number of halogens is 1. The highest BCUT2D eigenvalue weighted by molar-refractivity contribution is 5.25. The maximum atomic E-state index is 13.6. The van der Waals surface area contributed by atoms with Crippen molar-refractivity contribution in [1.82, 2.24) is 5.32 Å². The maximum absolute atomic E-state index is 13.6. The molecule has 15 heavy (non-hydrogen) atoms. The van der Waals surface area contributed by atoms with Gasteiger partial charge in [0.1, 0.15) is 5.82 Å². The monoisotopic (exact) mass is 209 g/mol. The smallest absolute Gasteiger partial charge is 0.128 e. The highest BCUT2D eigenvalue weighted by atomic mass is 19.1. The van der Waals surface area contributed by atoms with Crippen LogP contribution in [0.5, 0.6) is 0 Å². The molecule has 84 valence electrons. The Morgan fingerprint density at radius 2 is 1.87 bits per heavy atom. The number of nitrogens with one attached hydrogen (secondary N) is 1. The van der Waals surface area contributed by atoms with Gasteiger partial charge >= 0.3 is 0 Å². The van der Waals surface area contributed by atoms with E-state index in [0.29, 0.717) is 0 Å². The van der Waals surface area contributed by atoms with Crippen LogP contribution in [0.15, 0.2) is 18.2 Å². The van der Waals surface area contributed by atoms with Crippen LogP contribution in [0.25, 0.3) is 0 Å². The van der Waals surface area contributed by atoms with E-state index in [1.807, 2.05) is 26.0 Å². The molecule has 1 N–H and O–H groups in total. The van der Waals surface area contributed by atoms with Crippen molar-refractivity contribution in [3.05, 3.63) is 35.1 Å². The van der Waals surface area contributed by atoms with Crippen molar-refractivity contribution in [1.29, 1.82) is 0 Å². The van der Waals surface area contributed by atoms with Gasteiger partial charge in [-0.25, -0.2) is 4.39 Å². The molecule has 1 aromatic carbocycles. The van der Waals surface area contributed by atoms with Crippen molar-refractivity contribution < 1.29 is 4.39 Å². The lowest BCUT2D eigenvalue weighted by Gasteiger charge is -2.26. The van der Waals surface area contributed by atoms with E-state index in [4.69, 9.17) is 0 Å². The number of hydrogen-bond acceptors (Lipinski definition) is 1. The topological polar surface area (TPSA) is 12.0 Å². The van der Waals surface area contributed by atoms with E-state index in [9.17, 15) is 4.39 Å². The third-order valence-electron chi connectivity index (χ3n) is 2.27. The lowest BCUT2D eigenvalue weighted by atomic mass is 10.0. The quantitative estimate of drug-likeness (QED) is 0.785. The van der Waals surface area contributed by atoms with Crippen molar-refractivity contribution in [3.63, 3.8) is 0 Å². The zero-order valence-corrected chi connectivity index (χ0v) is 10.2. The number of rotatable bonds is 2. The molecule has 0 amide bonds. The van der Waals surface area contributed by atoms with Crippen LogP contribution in [0.4, 0.5) is 4.39 Å². The minimum Gasteiger partial charge on any atom is -0.305 e. The van der Waals surface area contributed by atoms with Crippen molar-refractivity contribution in [2.75, 3.05) is 0 Å². The Kier molecular flexibility index (Phi) is 3.50. The summed E-state index contributed by atoms with van der Waals surface area (Å²) in [4.78, 5) is 0. The first-order valence-corrected chi connectivity index (χ1v) is 5.33.